The van der Waals surface area contributed by atoms with Gasteiger partial charge in [0.2, 0.25) is 6.41 Å². The summed E-state index contributed by atoms with van der Waals surface area (Å²) in [6, 6.07) is 13.5. The molecule has 2 aromatic rings. The number of pyridine rings is 1. The third kappa shape index (κ3) is 2.20. The number of carbonyl (C=O) groups excluding carboxylic acids is 1. The lowest BCUT2D eigenvalue weighted by molar-refractivity contribution is -0.105. The smallest absolute Gasteiger partial charge is 0.212 e. The second-order valence-electron chi connectivity index (χ2n) is 3.77. The van der Waals surface area contributed by atoms with E-state index in [-0.39, 0.29) is 0 Å². The molecule has 0 radical (unpaired) electrons. The summed E-state index contributed by atoms with van der Waals surface area (Å²) < 4.78 is 0. The van der Waals surface area contributed by atoms with Crippen LogP contribution in [0.5, 0.6) is 0 Å². The molecule has 18 heavy (non-hydrogen) atoms. The van der Waals surface area contributed by atoms with Crippen LogP contribution in [0, 0.1) is 18.3 Å². The minimum Gasteiger partial charge on any atom is -0.312 e. The van der Waals surface area contributed by atoms with Gasteiger partial charge in [-0.1, -0.05) is 30.3 Å². The molecule has 1 N–H and O–H groups in total. The van der Waals surface area contributed by atoms with Crippen LogP contribution in [-0.4, -0.2) is 11.4 Å². The molecular weight excluding hydrogens is 226 g/mol. The summed E-state index contributed by atoms with van der Waals surface area (Å²) in [6.07, 6.45) is 0.525. The summed E-state index contributed by atoms with van der Waals surface area (Å²) in [5.74, 6) is 0.298. The van der Waals surface area contributed by atoms with Crippen LogP contribution in [0.1, 0.15) is 11.3 Å². The molecule has 88 valence electrons. The van der Waals surface area contributed by atoms with E-state index >= 15 is 0 Å². The second kappa shape index (κ2) is 5.11. The minimum absolute atomic E-state index is 0.298. The number of nitrogens with one attached hydrogen (secondary N) is 1. The van der Waals surface area contributed by atoms with Crippen LogP contribution in [0.2, 0.25) is 0 Å². The van der Waals surface area contributed by atoms with Crippen LogP contribution >= 0.6 is 0 Å². The van der Waals surface area contributed by atoms with Crippen molar-refractivity contribution in [2.75, 3.05) is 5.32 Å². The highest BCUT2D eigenvalue weighted by Crippen LogP contribution is 2.28. The normalized spacial score (nSPS) is 9.56. The number of nitrogens with zero attached hydrogens (tertiary/aromatic N) is 2. The van der Waals surface area contributed by atoms with Gasteiger partial charge in [0, 0.05) is 11.3 Å². The van der Waals surface area contributed by atoms with Gasteiger partial charge in [0.15, 0.2) is 5.82 Å². The first kappa shape index (κ1) is 11.8. The average Bonchev–Trinajstić information content (AvgIpc) is 2.39. The molecule has 1 aromatic carbocycles. The van der Waals surface area contributed by atoms with Gasteiger partial charge in [0.25, 0.3) is 0 Å². The Hall–Kier alpha value is -2.67. The van der Waals surface area contributed by atoms with Gasteiger partial charge in [0.1, 0.15) is 11.6 Å². The van der Waals surface area contributed by atoms with Crippen LogP contribution in [0.4, 0.5) is 5.82 Å². The number of hydrogen-bond donors (Lipinski definition) is 1. The number of hydrogen-bond acceptors (Lipinski definition) is 3. The van der Waals surface area contributed by atoms with Crippen LogP contribution in [0.3, 0.4) is 0 Å². The monoisotopic (exact) mass is 237 g/mol. The van der Waals surface area contributed by atoms with Crippen molar-refractivity contribution in [1.82, 2.24) is 4.98 Å². The highest BCUT2D eigenvalue weighted by Gasteiger charge is 2.12. The van der Waals surface area contributed by atoms with Crippen LogP contribution in [-0.2, 0) is 4.79 Å². The zero-order valence-corrected chi connectivity index (χ0v) is 9.84. The molecule has 0 aliphatic heterocycles. The van der Waals surface area contributed by atoms with Crippen molar-refractivity contribution < 1.29 is 4.79 Å². The largest absolute Gasteiger partial charge is 0.312 e. The van der Waals surface area contributed by atoms with Gasteiger partial charge >= 0.3 is 0 Å². The molecule has 0 fully saturated rings. The van der Waals surface area contributed by atoms with Crippen molar-refractivity contribution in [1.29, 1.82) is 5.26 Å². The lowest BCUT2D eigenvalue weighted by Crippen LogP contribution is -2.03. The van der Waals surface area contributed by atoms with E-state index in [1.165, 1.54) is 0 Å². The van der Waals surface area contributed by atoms with Crippen LogP contribution in [0.25, 0.3) is 11.1 Å². The number of nitriles is 1. The van der Waals surface area contributed by atoms with Gasteiger partial charge in [0.05, 0.1) is 0 Å². The van der Waals surface area contributed by atoms with Crippen molar-refractivity contribution >= 4 is 12.2 Å². The van der Waals surface area contributed by atoms with E-state index in [9.17, 15) is 10.1 Å². The van der Waals surface area contributed by atoms with E-state index in [0.29, 0.717) is 17.8 Å². The zero-order chi connectivity index (χ0) is 13.0. The van der Waals surface area contributed by atoms with E-state index in [2.05, 4.69) is 16.4 Å². The second-order valence-corrected chi connectivity index (χ2v) is 3.77. The van der Waals surface area contributed by atoms with E-state index in [1.807, 2.05) is 43.3 Å². The van der Waals surface area contributed by atoms with Gasteiger partial charge in [-0.3, -0.25) is 4.79 Å². The number of carbonyl (C=O) groups is 1. The fourth-order valence-electron chi connectivity index (χ4n) is 1.79. The third-order valence-electron chi connectivity index (χ3n) is 2.54. The van der Waals surface area contributed by atoms with E-state index in [0.717, 1.165) is 16.8 Å². The van der Waals surface area contributed by atoms with Gasteiger partial charge in [-0.05, 0) is 18.6 Å². The van der Waals surface area contributed by atoms with E-state index < -0.39 is 0 Å². The predicted molar refractivity (Wildman–Crippen MR) is 68.8 cm³/mol. The minimum atomic E-state index is 0.298. The first-order chi connectivity index (χ1) is 8.76. The maximum absolute atomic E-state index is 10.5. The molecule has 1 heterocycles. The quantitative estimate of drug-likeness (QED) is 0.834. The number of amides is 1. The van der Waals surface area contributed by atoms with E-state index in [1.54, 1.807) is 0 Å². The summed E-state index contributed by atoms with van der Waals surface area (Å²) in [5.41, 5.74) is 2.82. The van der Waals surface area contributed by atoms with Gasteiger partial charge in [-0.25, -0.2) is 4.98 Å². The Balaban J connectivity index is 2.67. The summed E-state index contributed by atoms with van der Waals surface area (Å²) in [6.45, 7) is 1.82. The first-order valence-electron chi connectivity index (χ1n) is 5.43. The van der Waals surface area contributed by atoms with Crippen molar-refractivity contribution in [2.24, 2.45) is 0 Å². The van der Waals surface area contributed by atoms with Crippen molar-refractivity contribution in [2.45, 2.75) is 6.92 Å². The Kier molecular flexibility index (Phi) is 3.35. The van der Waals surface area contributed by atoms with Gasteiger partial charge < -0.3 is 5.32 Å². The van der Waals surface area contributed by atoms with Gasteiger partial charge in [-0.2, -0.15) is 5.26 Å². The fraction of sp³-hybridized carbons (Fsp3) is 0.0714. The fourth-order valence-corrected chi connectivity index (χ4v) is 1.79. The molecule has 1 aromatic heterocycles. The van der Waals surface area contributed by atoms with Crippen molar-refractivity contribution in [3.8, 4) is 17.2 Å². The topological polar surface area (TPSA) is 65.8 Å². The summed E-state index contributed by atoms with van der Waals surface area (Å²) in [7, 11) is 0. The zero-order valence-electron chi connectivity index (χ0n) is 9.84. The Labute approximate surface area is 105 Å². The molecule has 0 bridgehead atoms. The lowest BCUT2D eigenvalue weighted by Gasteiger charge is -2.09. The number of anilines is 1. The molecule has 0 spiro atoms. The molecule has 0 atom stereocenters. The number of aromatic nitrogens is 1. The van der Waals surface area contributed by atoms with Crippen molar-refractivity contribution in [3.63, 3.8) is 0 Å². The summed E-state index contributed by atoms with van der Waals surface area (Å²) >= 11 is 0. The molecule has 0 saturated heterocycles. The molecule has 0 aliphatic rings. The maximum Gasteiger partial charge on any atom is 0.212 e. The Morgan fingerprint density at radius 1 is 1.33 bits per heavy atom. The summed E-state index contributed by atoms with van der Waals surface area (Å²) in [4.78, 5) is 14.7. The van der Waals surface area contributed by atoms with E-state index in [4.69, 9.17) is 0 Å². The molecule has 0 aliphatic carbocycles. The molecule has 1 amide bonds. The molecular formula is C14H11N3O. The molecule has 2 rings (SSSR count). The van der Waals surface area contributed by atoms with Gasteiger partial charge in [-0.15, -0.1) is 0 Å². The predicted octanol–water partition coefficient (Wildman–Crippen LogP) is 2.50. The Morgan fingerprint density at radius 2 is 2.06 bits per heavy atom. The number of aryl methyl sites for hydroxylation is 1. The Bertz CT molecular complexity index is 615. The molecule has 0 unspecified atom stereocenters. The number of rotatable bonds is 3. The lowest BCUT2D eigenvalue weighted by atomic mass is 10.0. The van der Waals surface area contributed by atoms with Crippen LogP contribution < -0.4 is 5.32 Å². The molecule has 4 heteroatoms. The number of benzene rings is 1. The molecule has 4 nitrogen and oxygen atoms in total. The third-order valence-corrected chi connectivity index (χ3v) is 2.54. The Morgan fingerprint density at radius 3 is 2.67 bits per heavy atom. The highest BCUT2D eigenvalue weighted by molar-refractivity contribution is 5.81. The maximum atomic E-state index is 10.5. The first-order valence-corrected chi connectivity index (χ1v) is 5.43. The van der Waals surface area contributed by atoms with Crippen molar-refractivity contribution in [3.05, 3.63) is 47.7 Å². The average molecular weight is 237 g/mol. The summed E-state index contributed by atoms with van der Waals surface area (Å²) in [5, 5.41) is 11.7. The van der Waals surface area contributed by atoms with Crippen LogP contribution in [0.15, 0.2) is 36.4 Å². The molecule has 0 saturated carbocycles. The SMILES string of the molecule is Cc1cc(-c2ccccc2)c(C#N)c(NC=O)n1. The standard InChI is InChI=1S/C14H11N3O/c1-10-7-12(11-5-3-2-4-6-11)13(8-15)14(17-10)16-9-18/h2-7,9H,1H3,(H,16,17,18). The highest BCUT2D eigenvalue weighted by atomic mass is 16.1.